The largest absolute Gasteiger partial charge is 0.443 e. The molecule has 0 aliphatic carbocycles. The molecule has 1 heterocycles. The first-order valence-electron chi connectivity index (χ1n) is 8.19. The van der Waals surface area contributed by atoms with E-state index in [-0.39, 0.29) is 6.09 Å². The van der Waals surface area contributed by atoms with Crippen molar-refractivity contribution >= 4 is 12.2 Å². The highest BCUT2D eigenvalue weighted by Gasteiger charge is 2.08. The lowest BCUT2D eigenvalue weighted by molar-refractivity contribution is -0.704. The second-order valence-corrected chi connectivity index (χ2v) is 5.19. The fraction of sp³-hybridized carbons (Fsp3) is 0.588. The highest BCUT2D eigenvalue weighted by atomic mass is 16.5. The quantitative estimate of drug-likeness (QED) is 0.294. The van der Waals surface area contributed by atoms with Gasteiger partial charge in [-0.3, -0.25) is 0 Å². The molecule has 0 aliphatic heterocycles. The number of amides is 1. The minimum absolute atomic E-state index is 0.358. The van der Waals surface area contributed by atoms with Gasteiger partial charge in [0.05, 0.1) is 6.54 Å². The van der Waals surface area contributed by atoms with Gasteiger partial charge in [-0.05, 0) is 12.8 Å². The van der Waals surface area contributed by atoms with Crippen molar-refractivity contribution in [2.75, 3.05) is 19.7 Å². The van der Waals surface area contributed by atoms with E-state index in [0.29, 0.717) is 26.2 Å². The Hall–Kier alpha value is -2.20. The van der Waals surface area contributed by atoms with Crippen molar-refractivity contribution in [3.05, 3.63) is 30.1 Å². The standard InChI is InChI=1S/C17H25N3O3/c1-2-16-9-5-8-12-20(16)13-14-23-17(22)19-11-7-4-3-6-10-18-15-21/h5,8-9,12H,2-4,6-7,10-11,13-14H2,1H3/p+1. The van der Waals surface area contributed by atoms with Crippen LogP contribution < -0.4 is 9.88 Å². The maximum Gasteiger partial charge on any atom is 0.407 e. The van der Waals surface area contributed by atoms with Gasteiger partial charge in [-0.15, -0.1) is 0 Å². The summed E-state index contributed by atoms with van der Waals surface area (Å²) in [5.41, 5.74) is 1.22. The Morgan fingerprint density at radius 3 is 2.91 bits per heavy atom. The molecular formula is C17H26N3O3+. The third kappa shape index (κ3) is 8.73. The predicted octanol–water partition coefficient (Wildman–Crippen LogP) is 2.16. The van der Waals surface area contributed by atoms with Gasteiger partial charge in [0, 0.05) is 25.1 Å². The molecule has 1 aromatic rings. The number of pyridine rings is 1. The topological polar surface area (TPSA) is 71.6 Å². The SMILES string of the molecule is CCc1cccc[n+]1CCOC(=O)NCCCCCCN=C=O. The van der Waals surface area contributed by atoms with E-state index in [4.69, 9.17) is 4.74 Å². The summed E-state index contributed by atoms with van der Waals surface area (Å²) in [5.74, 6) is 0. The van der Waals surface area contributed by atoms with E-state index in [1.807, 2.05) is 18.3 Å². The number of hydrogen-bond acceptors (Lipinski definition) is 4. The molecule has 6 heteroatoms. The van der Waals surface area contributed by atoms with Crippen LogP contribution in [-0.4, -0.2) is 31.9 Å². The molecule has 1 rings (SSSR count). The van der Waals surface area contributed by atoms with Crippen molar-refractivity contribution in [3.63, 3.8) is 0 Å². The van der Waals surface area contributed by atoms with Crippen LogP contribution in [0.2, 0.25) is 0 Å². The van der Waals surface area contributed by atoms with Crippen LogP contribution in [0.4, 0.5) is 4.79 Å². The van der Waals surface area contributed by atoms with Gasteiger partial charge in [0.15, 0.2) is 25.0 Å². The average Bonchev–Trinajstić information content (AvgIpc) is 2.57. The third-order valence-electron chi connectivity index (χ3n) is 3.49. The summed E-state index contributed by atoms with van der Waals surface area (Å²) in [6, 6.07) is 6.05. The summed E-state index contributed by atoms with van der Waals surface area (Å²) in [6.07, 6.45) is 7.86. The summed E-state index contributed by atoms with van der Waals surface area (Å²) in [5, 5.41) is 2.74. The molecule has 0 spiro atoms. The number of isocyanates is 1. The molecule has 0 atom stereocenters. The Balaban J connectivity index is 2.05. The molecular weight excluding hydrogens is 294 g/mol. The van der Waals surface area contributed by atoms with Crippen LogP contribution in [0.3, 0.4) is 0 Å². The zero-order valence-corrected chi connectivity index (χ0v) is 13.8. The van der Waals surface area contributed by atoms with Crippen LogP contribution in [0.25, 0.3) is 0 Å². The first-order chi connectivity index (χ1) is 11.3. The van der Waals surface area contributed by atoms with Gasteiger partial charge in [0.25, 0.3) is 0 Å². The highest BCUT2D eigenvalue weighted by molar-refractivity contribution is 5.66. The second kappa shape index (κ2) is 12.4. The number of nitrogens with one attached hydrogen (secondary N) is 1. The number of hydrogen-bond donors (Lipinski definition) is 1. The summed E-state index contributed by atoms with van der Waals surface area (Å²) in [6.45, 7) is 4.26. The van der Waals surface area contributed by atoms with Crippen molar-refractivity contribution < 1.29 is 18.9 Å². The maximum absolute atomic E-state index is 11.6. The normalized spacial score (nSPS) is 9.96. The Kier molecular flexibility index (Phi) is 10.1. The predicted molar refractivity (Wildman–Crippen MR) is 86.8 cm³/mol. The summed E-state index contributed by atoms with van der Waals surface area (Å²) in [7, 11) is 0. The van der Waals surface area contributed by atoms with E-state index in [2.05, 4.69) is 27.9 Å². The molecule has 126 valence electrons. The Labute approximate surface area is 137 Å². The van der Waals surface area contributed by atoms with Crippen LogP contribution in [0.5, 0.6) is 0 Å². The second-order valence-electron chi connectivity index (χ2n) is 5.19. The molecule has 0 saturated carbocycles. The van der Waals surface area contributed by atoms with E-state index >= 15 is 0 Å². The monoisotopic (exact) mass is 320 g/mol. The highest BCUT2D eigenvalue weighted by Crippen LogP contribution is 1.99. The summed E-state index contributed by atoms with van der Waals surface area (Å²) < 4.78 is 7.27. The molecule has 0 aromatic carbocycles. The maximum atomic E-state index is 11.6. The van der Waals surface area contributed by atoms with Crippen LogP contribution >= 0.6 is 0 Å². The van der Waals surface area contributed by atoms with E-state index in [9.17, 15) is 9.59 Å². The van der Waals surface area contributed by atoms with Crippen LogP contribution in [0.15, 0.2) is 29.4 Å². The van der Waals surface area contributed by atoms with Crippen molar-refractivity contribution in [2.24, 2.45) is 4.99 Å². The molecule has 0 radical (unpaired) electrons. The Morgan fingerprint density at radius 2 is 2.13 bits per heavy atom. The van der Waals surface area contributed by atoms with Gasteiger partial charge in [-0.1, -0.05) is 25.8 Å². The van der Waals surface area contributed by atoms with Gasteiger partial charge >= 0.3 is 6.09 Å². The molecule has 0 unspecified atom stereocenters. The van der Waals surface area contributed by atoms with Crippen LogP contribution in [0, 0.1) is 0 Å². The van der Waals surface area contributed by atoms with E-state index in [0.717, 1.165) is 32.1 Å². The van der Waals surface area contributed by atoms with Gasteiger partial charge in [-0.25, -0.2) is 14.6 Å². The molecule has 0 saturated heterocycles. The van der Waals surface area contributed by atoms with Crippen molar-refractivity contribution in [2.45, 2.75) is 45.6 Å². The number of ether oxygens (including phenoxy) is 1. The fourth-order valence-electron chi connectivity index (χ4n) is 2.24. The van der Waals surface area contributed by atoms with Gasteiger partial charge < -0.3 is 10.1 Å². The lowest BCUT2D eigenvalue weighted by Crippen LogP contribution is -2.40. The number of unbranched alkanes of at least 4 members (excludes halogenated alkanes) is 3. The third-order valence-corrected chi connectivity index (χ3v) is 3.49. The number of nitrogens with zero attached hydrogens (tertiary/aromatic N) is 2. The molecule has 0 bridgehead atoms. The molecule has 23 heavy (non-hydrogen) atoms. The molecule has 1 amide bonds. The average molecular weight is 320 g/mol. The fourth-order valence-corrected chi connectivity index (χ4v) is 2.24. The van der Waals surface area contributed by atoms with Crippen LogP contribution in [0.1, 0.15) is 38.3 Å². The lowest BCUT2D eigenvalue weighted by atomic mass is 10.2. The number of carbonyl (C=O) groups excluding carboxylic acids is 2. The first kappa shape index (κ1) is 18.8. The first-order valence-corrected chi connectivity index (χ1v) is 8.19. The lowest BCUT2D eigenvalue weighted by Gasteiger charge is -2.06. The number of aliphatic imine (C=N–C) groups is 1. The number of rotatable bonds is 11. The summed E-state index contributed by atoms with van der Waals surface area (Å²) in [4.78, 5) is 24.9. The number of alkyl carbamates (subject to hydrolysis) is 1. The molecule has 1 N–H and O–H groups in total. The van der Waals surface area contributed by atoms with Crippen molar-refractivity contribution in [1.82, 2.24) is 5.32 Å². The van der Waals surface area contributed by atoms with E-state index < -0.39 is 0 Å². The van der Waals surface area contributed by atoms with Crippen LogP contribution in [-0.2, 0) is 22.5 Å². The Morgan fingerprint density at radius 1 is 1.30 bits per heavy atom. The number of aryl methyl sites for hydroxylation is 1. The molecule has 0 aliphatic rings. The van der Waals surface area contributed by atoms with Crippen molar-refractivity contribution in [3.8, 4) is 0 Å². The minimum atomic E-state index is -0.370. The zero-order chi connectivity index (χ0) is 16.8. The number of carbonyl (C=O) groups is 1. The van der Waals surface area contributed by atoms with Gasteiger partial charge in [-0.2, -0.15) is 4.57 Å². The summed E-state index contributed by atoms with van der Waals surface area (Å²) >= 11 is 0. The molecule has 6 nitrogen and oxygen atoms in total. The van der Waals surface area contributed by atoms with Gasteiger partial charge in [0.2, 0.25) is 6.08 Å². The minimum Gasteiger partial charge on any atom is -0.443 e. The Bertz CT molecular complexity index is 514. The smallest absolute Gasteiger partial charge is 0.407 e. The van der Waals surface area contributed by atoms with Gasteiger partial charge in [0.1, 0.15) is 0 Å². The van der Waals surface area contributed by atoms with Crippen molar-refractivity contribution in [1.29, 1.82) is 0 Å². The zero-order valence-electron chi connectivity index (χ0n) is 13.8. The van der Waals surface area contributed by atoms with E-state index in [1.165, 1.54) is 11.8 Å². The molecule has 0 fully saturated rings. The number of aromatic nitrogens is 1. The molecule has 1 aromatic heterocycles. The van der Waals surface area contributed by atoms with E-state index in [1.54, 1.807) is 0 Å².